The summed E-state index contributed by atoms with van der Waals surface area (Å²) >= 11 is 0. The Balaban J connectivity index is 2.42. The molecule has 0 aromatic carbocycles. The molecule has 4 heteroatoms. The van der Waals surface area contributed by atoms with Crippen LogP contribution in [0.4, 0.5) is 0 Å². The molecule has 0 bridgehead atoms. The van der Waals surface area contributed by atoms with Gasteiger partial charge in [-0.25, -0.2) is 0 Å². The molecule has 1 aliphatic rings. The van der Waals surface area contributed by atoms with Crippen molar-refractivity contribution in [2.75, 3.05) is 26.7 Å². The van der Waals surface area contributed by atoms with Crippen LogP contribution in [0, 0.1) is 17.8 Å². The molecule has 1 amide bonds. The molecule has 0 radical (unpaired) electrons. The van der Waals surface area contributed by atoms with Crippen LogP contribution in [-0.2, 0) is 9.53 Å². The normalized spacial score (nSPS) is 26.8. The maximum atomic E-state index is 12.0. The van der Waals surface area contributed by atoms with E-state index in [1.54, 1.807) is 4.90 Å². The van der Waals surface area contributed by atoms with Gasteiger partial charge < -0.3 is 15.4 Å². The number of rotatable bonds is 7. The van der Waals surface area contributed by atoms with Crippen LogP contribution in [0.25, 0.3) is 0 Å². The van der Waals surface area contributed by atoms with E-state index < -0.39 is 0 Å². The Morgan fingerprint density at radius 3 is 2.70 bits per heavy atom. The van der Waals surface area contributed by atoms with E-state index in [0.29, 0.717) is 30.8 Å². The van der Waals surface area contributed by atoms with E-state index >= 15 is 0 Å². The molecule has 118 valence electrons. The number of hydrogen-bond acceptors (Lipinski definition) is 3. The Kier molecular flexibility index (Phi) is 7.52. The van der Waals surface area contributed by atoms with Crippen molar-refractivity contribution in [2.45, 2.75) is 52.6 Å². The number of carbonyl (C=O) groups is 1. The lowest BCUT2D eigenvalue weighted by molar-refractivity contribution is -0.140. The third-order valence-corrected chi connectivity index (χ3v) is 4.51. The number of likely N-dealkylation sites (N-methyl/N-ethyl adjacent to an activating group) is 1. The number of ether oxygens (including phenoxy) is 1. The topological polar surface area (TPSA) is 55.6 Å². The monoisotopic (exact) mass is 284 g/mol. The second kappa shape index (κ2) is 8.63. The minimum absolute atomic E-state index is 0.0687. The zero-order valence-corrected chi connectivity index (χ0v) is 13.6. The average Bonchev–Trinajstić information content (AvgIpc) is 2.41. The van der Waals surface area contributed by atoms with Crippen LogP contribution in [0.3, 0.4) is 0 Å². The van der Waals surface area contributed by atoms with Crippen LogP contribution < -0.4 is 5.73 Å². The highest BCUT2D eigenvalue weighted by Crippen LogP contribution is 2.35. The Morgan fingerprint density at radius 2 is 2.10 bits per heavy atom. The fourth-order valence-electron chi connectivity index (χ4n) is 3.05. The molecule has 0 saturated heterocycles. The molecular formula is C16H32N2O2. The second-order valence-electron chi connectivity index (χ2n) is 6.63. The Hall–Kier alpha value is -0.610. The highest BCUT2D eigenvalue weighted by Gasteiger charge is 2.31. The molecule has 2 N–H and O–H groups in total. The molecule has 0 aromatic heterocycles. The zero-order chi connectivity index (χ0) is 15.1. The first kappa shape index (κ1) is 17.4. The summed E-state index contributed by atoms with van der Waals surface area (Å²) in [6, 6.07) is 0. The first-order chi connectivity index (χ1) is 9.45. The molecule has 4 nitrogen and oxygen atoms in total. The van der Waals surface area contributed by atoms with Gasteiger partial charge in [-0.1, -0.05) is 27.2 Å². The van der Waals surface area contributed by atoms with Crippen molar-refractivity contribution in [3.8, 4) is 0 Å². The largest absolute Gasteiger partial charge is 0.368 e. The molecule has 1 aliphatic carbocycles. The molecule has 3 unspecified atom stereocenters. The summed E-state index contributed by atoms with van der Waals surface area (Å²) in [5.41, 5.74) is 5.47. The number of hydrogen-bond donors (Lipinski definition) is 1. The van der Waals surface area contributed by atoms with Crippen molar-refractivity contribution in [2.24, 2.45) is 23.5 Å². The molecule has 1 fully saturated rings. The van der Waals surface area contributed by atoms with Crippen molar-refractivity contribution in [3.05, 3.63) is 0 Å². The van der Waals surface area contributed by atoms with Gasteiger partial charge in [0.25, 0.3) is 0 Å². The molecular weight excluding hydrogens is 252 g/mol. The summed E-state index contributed by atoms with van der Waals surface area (Å²) in [7, 11) is 1.82. The maximum absolute atomic E-state index is 12.0. The van der Waals surface area contributed by atoms with Gasteiger partial charge in [-0.15, -0.1) is 0 Å². The SMILES string of the molecule is CC1CCC(C(C)C)C(OCC(=O)N(C)CCCN)C1. The van der Waals surface area contributed by atoms with E-state index in [0.717, 1.165) is 12.8 Å². The van der Waals surface area contributed by atoms with Crippen molar-refractivity contribution >= 4 is 5.91 Å². The first-order valence-electron chi connectivity index (χ1n) is 8.01. The summed E-state index contributed by atoms with van der Waals surface area (Å²) in [5, 5.41) is 0. The first-order valence-corrected chi connectivity index (χ1v) is 8.01. The van der Waals surface area contributed by atoms with E-state index in [1.165, 1.54) is 12.8 Å². The van der Waals surface area contributed by atoms with E-state index in [-0.39, 0.29) is 18.6 Å². The number of carbonyl (C=O) groups excluding carboxylic acids is 1. The second-order valence-corrected chi connectivity index (χ2v) is 6.63. The zero-order valence-electron chi connectivity index (χ0n) is 13.6. The lowest BCUT2D eigenvalue weighted by Gasteiger charge is -2.37. The third kappa shape index (κ3) is 5.41. The van der Waals surface area contributed by atoms with Gasteiger partial charge in [-0.05, 0) is 43.6 Å². The molecule has 3 atom stereocenters. The van der Waals surface area contributed by atoms with Gasteiger partial charge in [-0.2, -0.15) is 0 Å². The lowest BCUT2D eigenvalue weighted by atomic mass is 9.75. The minimum atomic E-state index is 0.0687. The molecule has 20 heavy (non-hydrogen) atoms. The fraction of sp³-hybridized carbons (Fsp3) is 0.938. The number of amides is 1. The van der Waals surface area contributed by atoms with E-state index in [4.69, 9.17) is 10.5 Å². The van der Waals surface area contributed by atoms with Crippen LogP contribution in [0.1, 0.15) is 46.5 Å². The molecule has 1 saturated carbocycles. The average molecular weight is 284 g/mol. The summed E-state index contributed by atoms with van der Waals surface area (Å²) in [6.45, 7) is 8.34. The van der Waals surface area contributed by atoms with Gasteiger partial charge in [0.05, 0.1) is 6.10 Å². The molecule has 1 rings (SSSR count). The number of nitrogens with zero attached hydrogens (tertiary/aromatic N) is 1. The Morgan fingerprint density at radius 1 is 1.40 bits per heavy atom. The van der Waals surface area contributed by atoms with Gasteiger partial charge in [0.1, 0.15) is 6.61 Å². The van der Waals surface area contributed by atoms with Crippen molar-refractivity contribution in [1.82, 2.24) is 4.90 Å². The van der Waals surface area contributed by atoms with Crippen LogP contribution in [-0.4, -0.2) is 43.7 Å². The predicted octanol–water partition coefficient (Wildman–Crippen LogP) is 2.27. The summed E-state index contributed by atoms with van der Waals surface area (Å²) in [4.78, 5) is 13.7. The fourth-order valence-corrected chi connectivity index (χ4v) is 3.05. The third-order valence-electron chi connectivity index (χ3n) is 4.51. The molecule has 0 heterocycles. The van der Waals surface area contributed by atoms with Gasteiger partial charge in [0, 0.05) is 13.6 Å². The maximum Gasteiger partial charge on any atom is 0.248 e. The van der Waals surface area contributed by atoms with Crippen molar-refractivity contribution in [1.29, 1.82) is 0 Å². The minimum Gasteiger partial charge on any atom is -0.368 e. The predicted molar refractivity (Wildman–Crippen MR) is 82.4 cm³/mol. The molecule has 0 aromatic rings. The standard InChI is InChI=1S/C16H32N2O2/c1-12(2)14-7-6-13(3)10-15(14)20-11-16(19)18(4)9-5-8-17/h12-15H,5-11,17H2,1-4H3. The highest BCUT2D eigenvalue weighted by molar-refractivity contribution is 5.77. The van der Waals surface area contributed by atoms with E-state index in [9.17, 15) is 4.79 Å². The Bertz CT molecular complexity index is 294. The lowest BCUT2D eigenvalue weighted by Crippen LogP contribution is -2.38. The molecule has 0 spiro atoms. The summed E-state index contributed by atoms with van der Waals surface area (Å²) in [5.74, 6) is 1.99. The van der Waals surface area contributed by atoms with E-state index in [2.05, 4.69) is 20.8 Å². The van der Waals surface area contributed by atoms with Gasteiger partial charge in [-0.3, -0.25) is 4.79 Å². The van der Waals surface area contributed by atoms with Gasteiger partial charge in [0.2, 0.25) is 5.91 Å². The highest BCUT2D eigenvalue weighted by atomic mass is 16.5. The van der Waals surface area contributed by atoms with Crippen LogP contribution >= 0.6 is 0 Å². The van der Waals surface area contributed by atoms with Crippen molar-refractivity contribution in [3.63, 3.8) is 0 Å². The molecule has 0 aliphatic heterocycles. The van der Waals surface area contributed by atoms with Gasteiger partial charge in [0.15, 0.2) is 0 Å². The summed E-state index contributed by atoms with van der Waals surface area (Å²) in [6.07, 6.45) is 4.68. The number of nitrogens with two attached hydrogens (primary N) is 1. The van der Waals surface area contributed by atoms with Crippen LogP contribution in [0.15, 0.2) is 0 Å². The summed E-state index contributed by atoms with van der Waals surface area (Å²) < 4.78 is 5.97. The van der Waals surface area contributed by atoms with Crippen LogP contribution in [0.2, 0.25) is 0 Å². The Labute approximate surface area is 124 Å². The van der Waals surface area contributed by atoms with E-state index in [1.807, 2.05) is 7.05 Å². The smallest absolute Gasteiger partial charge is 0.248 e. The van der Waals surface area contributed by atoms with Crippen LogP contribution in [0.5, 0.6) is 0 Å². The quantitative estimate of drug-likeness (QED) is 0.780. The van der Waals surface area contributed by atoms with Crippen molar-refractivity contribution < 1.29 is 9.53 Å². The van der Waals surface area contributed by atoms with Gasteiger partial charge >= 0.3 is 0 Å².